The van der Waals surface area contributed by atoms with E-state index >= 15 is 0 Å². The van der Waals surface area contributed by atoms with Crippen LogP contribution >= 0.6 is 0 Å². The number of benzene rings is 1. The molecule has 0 amide bonds. The lowest BCUT2D eigenvalue weighted by Gasteiger charge is -2.37. The molecule has 0 spiro atoms. The lowest BCUT2D eigenvalue weighted by molar-refractivity contribution is 0.103. The largest absolute Gasteiger partial charge is 0.356 e. The summed E-state index contributed by atoms with van der Waals surface area (Å²) in [6, 6.07) is 7.12. The number of fused-ring (bicyclic) bond motifs is 1. The van der Waals surface area contributed by atoms with Crippen molar-refractivity contribution < 1.29 is 4.74 Å². The van der Waals surface area contributed by atoms with Gasteiger partial charge in [-0.25, -0.2) is 4.98 Å². The Hall–Kier alpha value is -2.07. The number of nitrogens with zero attached hydrogens (tertiary/aromatic N) is 2. The summed E-state index contributed by atoms with van der Waals surface area (Å²) in [6.45, 7) is 14.3. The maximum atomic E-state index is 5.94. The second-order valence-corrected chi connectivity index (χ2v) is 7.43. The average Bonchev–Trinajstić information content (AvgIpc) is 2.59. The summed E-state index contributed by atoms with van der Waals surface area (Å²) in [5, 5.41) is 3.61. The molecule has 1 aliphatic heterocycles. The number of aryl methyl sites for hydroxylation is 4. The summed E-state index contributed by atoms with van der Waals surface area (Å²) < 4.78 is 5.94. The first-order valence-corrected chi connectivity index (χ1v) is 9.64. The van der Waals surface area contributed by atoms with Crippen LogP contribution in [0.25, 0.3) is 0 Å². The lowest BCUT2D eigenvalue weighted by Crippen LogP contribution is -2.39. The minimum atomic E-state index is 0.492. The number of ether oxygens (including phenoxy) is 1. The van der Waals surface area contributed by atoms with Crippen LogP contribution in [0.2, 0.25) is 0 Å². The fourth-order valence-corrected chi connectivity index (χ4v) is 4.03. The van der Waals surface area contributed by atoms with Crippen molar-refractivity contribution in [2.24, 2.45) is 0 Å². The van der Waals surface area contributed by atoms with Gasteiger partial charge in [-0.15, -0.1) is 0 Å². The molecule has 26 heavy (non-hydrogen) atoms. The van der Waals surface area contributed by atoms with Gasteiger partial charge in [0.1, 0.15) is 12.5 Å². The van der Waals surface area contributed by atoms with Crippen molar-refractivity contribution in [2.75, 3.05) is 16.9 Å². The van der Waals surface area contributed by atoms with Gasteiger partial charge in [0.05, 0.1) is 6.61 Å². The summed E-state index contributed by atoms with van der Waals surface area (Å²) in [5.41, 5.74) is 8.38. The van der Waals surface area contributed by atoms with Crippen LogP contribution in [0, 0.1) is 27.7 Å². The van der Waals surface area contributed by atoms with Crippen LogP contribution in [0.15, 0.2) is 18.2 Å². The maximum absolute atomic E-state index is 5.94. The van der Waals surface area contributed by atoms with E-state index in [1.54, 1.807) is 0 Å². The molecule has 1 N–H and O–H groups in total. The number of nitrogens with one attached hydrogen (secondary N) is 1. The number of anilines is 3. The SMILES string of the molecule is CCC(CC)N1COCc2c1cc(C)nc2Nc1c(C)cc(C)cc1C. The van der Waals surface area contributed by atoms with Gasteiger partial charge < -0.3 is 15.0 Å². The quantitative estimate of drug-likeness (QED) is 0.765. The zero-order valence-electron chi connectivity index (χ0n) is 16.9. The van der Waals surface area contributed by atoms with Crippen molar-refractivity contribution in [1.82, 2.24) is 4.98 Å². The van der Waals surface area contributed by atoms with Gasteiger partial charge in [0, 0.05) is 28.7 Å². The highest BCUT2D eigenvalue weighted by Crippen LogP contribution is 2.36. The van der Waals surface area contributed by atoms with Gasteiger partial charge in [0.15, 0.2) is 0 Å². The summed E-state index contributed by atoms with van der Waals surface area (Å²) in [6.07, 6.45) is 2.22. The fraction of sp³-hybridized carbons (Fsp3) is 0.500. The number of aromatic nitrogens is 1. The van der Waals surface area contributed by atoms with Gasteiger partial charge in [-0.05, 0) is 57.7 Å². The number of hydrogen-bond acceptors (Lipinski definition) is 4. The second-order valence-electron chi connectivity index (χ2n) is 7.43. The number of rotatable bonds is 5. The highest BCUT2D eigenvalue weighted by Gasteiger charge is 2.26. The molecule has 0 saturated heterocycles. The monoisotopic (exact) mass is 353 g/mol. The third kappa shape index (κ3) is 3.56. The molecule has 1 aromatic heterocycles. The van der Waals surface area contributed by atoms with Gasteiger partial charge in [0.25, 0.3) is 0 Å². The first-order valence-electron chi connectivity index (χ1n) is 9.64. The molecule has 0 saturated carbocycles. The Morgan fingerprint density at radius 3 is 2.35 bits per heavy atom. The van der Waals surface area contributed by atoms with Gasteiger partial charge in [0.2, 0.25) is 0 Å². The third-order valence-corrected chi connectivity index (χ3v) is 5.32. The van der Waals surface area contributed by atoms with E-state index in [-0.39, 0.29) is 0 Å². The van der Waals surface area contributed by atoms with E-state index in [0.717, 1.165) is 35.6 Å². The maximum Gasteiger partial charge on any atom is 0.138 e. The molecule has 0 radical (unpaired) electrons. The molecule has 140 valence electrons. The molecule has 2 aromatic rings. The molecule has 0 bridgehead atoms. The summed E-state index contributed by atoms with van der Waals surface area (Å²) in [4.78, 5) is 7.21. The van der Waals surface area contributed by atoms with Crippen LogP contribution in [0.5, 0.6) is 0 Å². The van der Waals surface area contributed by atoms with Crippen molar-refractivity contribution in [3.8, 4) is 0 Å². The molecule has 4 nitrogen and oxygen atoms in total. The molecule has 0 atom stereocenters. The Bertz CT molecular complexity index is 773. The minimum Gasteiger partial charge on any atom is -0.356 e. The predicted molar refractivity (Wildman–Crippen MR) is 109 cm³/mol. The van der Waals surface area contributed by atoms with E-state index in [4.69, 9.17) is 9.72 Å². The third-order valence-electron chi connectivity index (χ3n) is 5.32. The van der Waals surface area contributed by atoms with Gasteiger partial charge in [-0.3, -0.25) is 0 Å². The Balaban J connectivity index is 2.05. The van der Waals surface area contributed by atoms with E-state index < -0.39 is 0 Å². The molecule has 0 aliphatic carbocycles. The molecule has 4 heteroatoms. The van der Waals surface area contributed by atoms with Crippen molar-refractivity contribution in [1.29, 1.82) is 0 Å². The van der Waals surface area contributed by atoms with E-state index in [1.807, 2.05) is 0 Å². The van der Waals surface area contributed by atoms with Gasteiger partial charge in [-0.1, -0.05) is 31.5 Å². The van der Waals surface area contributed by atoms with Crippen LogP contribution in [0.4, 0.5) is 17.2 Å². The molecule has 0 unspecified atom stereocenters. The van der Waals surface area contributed by atoms with Gasteiger partial charge in [-0.2, -0.15) is 0 Å². The number of pyridine rings is 1. The van der Waals surface area contributed by atoms with Crippen molar-refractivity contribution in [2.45, 2.75) is 67.0 Å². The molecule has 1 aromatic carbocycles. The number of hydrogen-bond donors (Lipinski definition) is 1. The smallest absolute Gasteiger partial charge is 0.138 e. The normalized spacial score (nSPS) is 13.9. The highest BCUT2D eigenvalue weighted by molar-refractivity contribution is 5.72. The van der Waals surface area contributed by atoms with E-state index in [9.17, 15) is 0 Å². The van der Waals surface area contributed by atoms with Crippen LogP contribution in [0.3, 0.4) is 0 Å². The summed E-state index contributed by atoms with van der Waals surface area (Å²) in [7, 11) is 0. The molecule has 1 aliphatic rings. The van der Waals surface area contributed by atoms with Crippen LogP contribution in [-0.4, -0.2) is 17.8 Å². The Morgan fingerprint density at radius 1 is 1.08 bits per heavy atom. The average molecular weight is 354 g/mol. The molecular formula is C22H31N3O. The van der Waals surface area contributed by atoms with Crippen LogP contribution in [0.1, 0.15) is 54.6 Å². The van der Waals surface area contributed by atoms with Crippen molar-refractivity contribution in [3.05, 3.63) is 46.1 Å². The Morgan fingerprint density at radius 2 is 1.73 bits per heavy atom. The molecule has 2 heterocycles. The topological polar surface area (TPSA) is 37.4 Å². The van der Waals surface area contributed by atoms with Crippen molar-refractivity contribution >= 4 is 17.2 Å². The Labute approximate surface area is 157 Å². The predicted octanol–water partition coefficient (Wildman–Crippen LogP) is 5.54. The summed E-state index contributed by atoms with van der Waals surface area (Å²) in [5.74, 6) is 0.922. The van der Waals surface area contributed by atoms with E-state index in [1.165, 1.54) is 22.4 Å². The molecule has 3 rings (SSSR count). The molecule has 0 fully saturated rings. The van der Waals surface area contributed by atoms with Gasteiger partial charge >= 0.3 is 0 Å². The zero-order valence-corrected chi connectivity index (χ0v) is 16.9. The van der Waals surface area contributed by atoms with E-state index in [2.05, 4.69) is 70.0 Å². The summed E-state index contributed by atoms with van der Waals surface area (Å²) >= 11 is 0. The van der Waals surface area contributed by atoms with Crippen LogP contribution in [-0.2, 0) is 11.3 Å². The minimum absolute atomic E-state index is 0.492. The van der Waals surface area contributed by atoms with E-state index in [0.29, 0.717) is 19.4 Å². The van der Waals surface area contributed by atoms with Crippen LogP contribution < -0.4 is 10.2 Å². The fourth-order valence-electron chi connectivity index (χ4n) is 4.03. The highest BCUT2D eigenvalue weighted by atomic mass is 16.5. The molecular weight excluding hydrogens is 322 g/mol. The standard InChI is InChI=1S/C22H31N3O/c1-7-18(8-2)25-13-26-12-19-20(25)11-17(6)23-22(19)24-21-15(4)9-14(3)10-16(21)5/h9-11,18H,7-8,12-13H2,1-6H3,(H,23,24). The first kappa shape index (κ1) is 18.7. The lowest BCUT2D eigenvalue weighted by atomic mass is 10.0. The zero-order chi connectivity index (χ0) is 18.8. The second kappa shape index (κ2) is 7.67. The first-order chi connectivity index (χ1) is 12.4. The Kier molecular flexibility index (Phi) is 5.52. The van der Waals surface area contributed by atoms with Crippen molar-refractivity contribution in [3.63, 3.8) is 0 Å².